The van der Waals surface area contributed by atoms with Crippen molar-refractivity contribution in [2.45, 2.75) is 20.0 Å². The summed E-state index contributed by atoms with van der Waals surface area (Å²) in [4.78, 5) is 0. The maximum absolute atomic E-state index is 13.0. The third kappa shape index (κ3) is 2.38. The SMILES string of the molecule is Cc1c(N)nnc(-c2ccccc2C(F)(F)F)c1C. The van der Waals surface area contributed by atoms with Crippen LogP contribution < -0.4 is 5.73 Å². The van der Waals surface area contributed by atoms with Crippen molar-refractivity contribution in [2.24, 2.45) is 0 Å². The number of nitrogens with zero attached hydrogens (tertiary/aromatic N) is 2. The Kier molecular flexibility index (Phi) is 3.18. The van der Waals surface area contributed by atoms with Crippen molar-refractivity contribution >= 4 is 5.82 Å². The van der Waals surface area contributed by atoms with E-state index in [1.165, 1.54) is 18.2 Å². The lowest BCUT2D eigenvalue weighted by Gasteiger charge is -2.14. The fourth-order valence-corrected chi connectivity index (χ4v) is 1.82. The molecule has 0 fully saturated rings. The van der Waals surface area contributed by atoms with Crippen LogP contribution in [0, 0.1) is 13.8 Å². The van der Waals surface area contributed by atoms with Crippen LogP contribution in [0.15, 0.2) is 24.3 Å². The van der Waals surface area contributed by atoms with E-state index in [0.29, 0.717) is 11.1 Å². The Bertz CT molecular complexity index is 621. The van der Waals surface area contributed by atoms with Gasteiger partial charge >= 0.3 is 6.18 Å². The molecule has 0 radical (unpaired) electrons. The number of nitrogens with two attached hydrogens (primary N) is 1. The Morgan fingerprint density at radius 3 is 2.26 bits per heavy atom. The molecule has 0 saturated carbocycles. The van der Waals surface area contributed by atoms with Crippen LogP contribution in [0.1, 0.15) is 16.7 Å². The Balaban J connectivity index is 2.70. The summed E-state index contributed by atoms with van der Waals surface area (Å²) in [5.74, 6) is 0.228. The summed E-state index contributed by atoms with van der Waals surface area (Å²) in [6.45, 7) is 3.39. The normalized spacial score (nSPS) is 11.6. The van der Waals surface area contributed by atoms with Crippen LogP contribution in [0.2, 0.25) is 0 Å². The quantitative estimate of drug-likeness (QED) is 0.861. The van der Waals surface area contributed by atoms with Gasteiger partial charge in [0.15, 0.2) is 0 Å². The Morgan fingerprint density at radius 2 is 1.63 bits per heavy atom. The lowest BCUT2D eigenvalue weighted by Crippen LogP contribution is -2.09. The van der Waals surface area contributed by atoms with E-state index in [4.69, 9.17) is 5.73 Å². The van der Waals surface area contributed by atoms with Gasteiger partial charge in [0.25, 0.3) is 0 Å². The number of hydrogen-bond donors (Lipinski definition) is 1. The van der Waals surface area contributed by atoms with E-state index in [1.807, 2.05) is 0 Å². The molecule has 3 nitrogen and oxygen atoms in total. The molecule has 0 saturated heterocycles. The van der Waals surface area contributed by atoms with E-state index in [0.717, 1.165) is 6.07 Å². The van der Waals surface area contributed by atoms with E-state index < -0.39 is 11.7 Å². The molecule has 2 aromatic rings. The standard InChI is InChI=1S/C13H12F3N3/c1-7-8(2)12(17)19-18-11(7)9-5-3-4-6-10(9)13(14,15)16/h3-6H,1-2H3,(H2,17,19). The van der Waals surface area contributed by atoms with Gasteiger partial charge in [0.2, 0.25) is 0 Å². The minimum Gasteiger partial charge on any atom is -0.382 e. The highest BCUT2D eigenvalue weighted by atomic mass is 19.4. The molecular formula is C13H12F3N3. The summed E-state index contributed by atoms with van der Waals surface area (Å²) in [5.41, 5.74) is 6.34. The first kappa shape index (κ1) is 13.3. The lowest BCUT2D eigenvalue weighted by molar-refractivity contribution is -0.137. The summed E-state index contributed by atoms with van der Waals surface area (Å²) in [5, 5.41) is 7.51. The van der Waals surface area contributed by atoms with Crippen LogP contribution in [0.4, 0.5) is 19.0 Å². The molecule has 6 heteroatoms. The van der Waals surface area contributed by atoms with Gasteiger partial charge in [-0.25, -0.2) is 0 Å². The van der Waals surface area contributed by atoms with Gasteiger partial charge in [-0.1, -0.05) is 18.2 Å². The van der Waals surface area contributed by atoms with E-state index >= 15 is 0 Å². The number of alkyl halides is 3. The summed E-state index contributed by atoms with van der Waals surface area (Å²) >= 11 is 0. The summed E-state index contributed by atoms with van der Waals surface area (Å²) in [7, 11) is 0. The van der Waals surface area contributed by atoms with E-state index in [-0.39, 0.29) is 17.1 Å². The molecule has 0 aliphatic carbocycles. The van der Waals surface area contributed by atoms with Gasteiger partial charge in [-0.05, 0) is 31.0 Å². The van der Waals surface area contributed by atoms with Crippen molar-refractivity contribution < 1.29 is 13.2 Å². The Hall–Kier alpha value is -2.11. The van der Waals surface area contributed by atoms with Crippen LogP contribution in [-0.2, 0) is 6.18 Å². The minimum atomic E-state index is -4.43. The van der Waals surface area contributed by atoms with Gasteiger partial charge in [-0.15, -0.1) is 10.2 Å². The second-order valence-corrected chi connectivity index (χ2v) is 4.23. The van der Waals surface area contributed by atoms with Crippen molar-refractivity contribution in [3.63, 3.8) is 0 Å². The molecule has 0 aliphatic rings. The van der Waals surface area contributed by atoms with Crippen LogP contribution in [0.5, 0.6) is 0 Å². The third-order valence-corrected chi connectivity index (χ3v) is 3.05. The van der Waals surface area contributed by atoms with Crippen molar-refractivity contribution in [1.29, 1.82) is 0 Å². The zero-order chi connectivity index (χ0) is 14.2. The summed E-state index contributed by atoms with van der Waals surface area (Å²) < 4.78 is 38.9. The maximum atomic E-state index is 13.0. The topological polar surface area (TPSA) is 51.8 Å². The number of rotatable bonds is 1. The molecule has 100 valence electrons. The fraction of sp³-hybridized carbons (Fsp3) is 0.231. The molecule has 1 heterocycles. The average Bonchev–Trinajstić information content (AvgIpc) is 2.35. The Labute approximate surface area is 108 Å². The van der Waals surface area contributed by atoms with Gasteiger partial charge in [0.1, 0.15) is 5.82 Å². The van der Waals surface area contributed by atoms with Crippen molar-refractivity contribution in [2.75, 3.05) is 5.73 Å². The number of aromatic nitrogens is 2. The van der Waals surface area contributed by atoms with Crippen LogP contribution in [-0.4, -0.2) is 10.2 Å². The van der Waals surface area contributed by atoms with Crippen molar-refractivity contribution in [3.05, 3.63) is 41.0 Å². The molecule has 0 unspecified atom stereocenters. The highest BCUT2D eigenvalue weighted by Crippen LogP contribution is 2.37. The third-order valence-electron chi connectivity index (χ3n) is 3.05. The molecule has 1 aromatic carbocycles. The number of anilines is 1. The molecule has 2 N–H and O–H groups in total. The lowest BCUT2D eigenvalue weighted by atomic mass is 9.99. The number of nitrogen functional groups attached to an aromatic ring is 1. The first-order valence-corrected chi connectivity index (χ1v) is 5.58. The molecule has 1 aromatic heterocycles. The van der Waals surface area contributed by atoms with Crippen LogP contribution >= 0.6 is 0 Å². The molecular weight excluding hydrogens is 255 g/mol. The molecule has 0 amide bonds. The summed E-state index contributed by atoms with van der Waals surface area (Å²) in [6.07, 6.45) is -4.43. The largest absolute Gasteiger partial charge is 0.417 e. The number of benzene rings is 1. The maximum Gasteiger partial charge on any atom is 0.417 e. The first-order valence-electron chi connectivity index (χ1n) is 5.58. The highest BCUT2D eigenvalue weighted by Gasteiger charge is 2.34. The van der Waals surface area contributed by atoms with E-state index in [9.17, 15) is 13.2 Å². The molecule has 0 atom stereocenters. The first-order chi connectivity index (χ1) is 8.82. The highest BCUT2D eigenvalue weighted by molar-refractivity contribution is 5.69. The molecule has 2 rings (SSSR count). The molecule has 0 bridgehead atoms. The van der Waals surface area contributed by atoms with Gasteiger partial charge in [-0.2, -0.15) is 13.2 Å². The van der Waals surface area contributed by atoms with E-state index in [1.54, 1.807) is 13.8 Å². The molecule has 0 spiro atoms. The number of halogens is 3. The molecule has 0 aliphatic heterocycles. The summed E-state index contributed by atoms with van der Waals surface area (Å²) in [6, 6.07) is 5.30. The van der Waals surface area contributed by atoms with Crippen molar-refractivity contribution in [1.82, 2.24) is 10.2 Å². The van der Waals surface area contributed by atoms with Gasteiger partial charge in [0.05, 0.1) is 11.3 Å². The van der Waals surface area contributed by atoms with Gasteiger partial charge in [-0.3, -0.25) is 0 Å². The monoisotopic (exact) mass is 267 g/mol. The fourth-order valence-electron chi connectivity index (χ4n) is 1.82. The minimum absolute atomic E-state index is 0.0168. The second-order valence-electron chi connectivity index (χ2n) is 4.23. The number of hydrogen-bond acceptors (Lipinski definition) is 3. The second kappa shape index (κ2) is 4.53. The van der Waals surface area contributed by atoms with E-state index in [2.05, 4.69) is 10.2 Å². The van der Waals surface area contributed by atoms with Crippen LogP contribution in [0.25, 0.3) is 11.3 Å². The smallest absolute Gasteiger partial charge is 0.382 e. The predicted octanol–water partition coefficient (Wildman–Crippen LogP) is 3.36. The average molecular weight is 267 g/mol. The van der Waals surface area contributed by atoms with Gasteiger partial charge in [0, 0.05) is 5.56 Å². The van der Waals surface area contributed by atoms with Crippen molar-refractivity contribution in [3.8, 4) is 11.3 Å². The molecule has 19 heavy (non-hydrogen) atoms. The van der Waals surface area contributed by atoms with Gasteiger partial charge < -0.3 is 5.73 Å². The predicted molar refractivity (Wildman–Crippen MR) is 66.4 cm³/mol. The zero-order valence-electron chi connectivity index (χ0n) is 10.4. The zero-order valence-corrected chi connectivity index (χ0v) is 10.4. The van der Waals surface area contributed by atoms with Crippen LogP contribution in [0.3, 0.4) is 0 Å². The Morgan fingerprint density at radius 1 is 1.00 bits per heavy atom.